The average molecular weight is 590 g/mol. The Morgan fingerprint density at radius 1 is 0.977 bits per heavy atom. The normalized spacial score (nSPS) is 17.6. The van der Waals surface area contributed by atoms with E-state index in [4.69, 9.17) is 14.5 Å². The highest BCUT2D eigenvalue weighted by molar-refractivity contribution is 7.83. The van der Waals surface area contributed by atoms with Crippen LogP contribution in [0.15, 0.2) is 96.0 Å². The zero-order valence-electron chi connectivity index (χ0n) is 23.6. The molecule has 9 heteroatoms. The van der Waals surface area contributed by atoms with Crippen molar-refractivity contribution >= 4 is 27.7 Å². The summed E-state index contributed by atoms with van der Waals surface area (Å²) < 4.78 is 27.6. The van der Waals surface area contributed by atoms with Crippen LogP contribution in [-0.4, -0.2) is 58.7 Å². The van der Waals surface area contributed by atoms with Crippen LogP contribution in [-0.2, 0) is 15.7 Å². The number of nitrogens with zero attached hydrogens (tertiary/aromatic N) is 4. The maximum atomic E-state index is 14.1. The van der Waals surface area contributed by atoms with Crippen molar-refractivity contribution < 1.29 is 13.7 Å². The van der Waals surface area contributed by atoms with E-state index in [0.717, 1.165) is 79.3 Å². The predicted molar refractivity (Wildman–Crippen MR) is 169 cm³/mol. The highest BCUT2D eigenvalue weighted by Gasteiger charge is 2.22. The number of anilines is 1. The smallest absolute Gasteiger partial charge is 0.158 e. The van der Waals surface area contributed by atoms with E-state index in [0.29, 0.717) is 21.9 Å². The van der Waals surface area contributed by atoms with E-state index < -0.39 is 11.0 Å². The first-order valence-electron chi connectivity index (χ1n) is 14.5. The molecule has 8 nitrogen and oxygen atoms in total. The molecule has 2 aromatic heterocycles. The largest absolute Gasteiger partial charge is 0.488 e. The maximum Gasteiger partial charge on any atom is 0.158 e. The summed E-state index contributed by atoms with van der Waals surface area (Å²) in [5.41, 5.74) is 5.76. The Hall–Kier alpha value is -4.49. The van der Waals surface area contributed by atoms with Crippen molar-refractivity contribution in [1.29, 1.82) is 5.26 Å². The molecule has 2 fully saturated rings. The van der Waals surface area contributed by atoms with Crippen LogP contribution in [0.2, 0.25) is 0 Å². The Balaban J connectivity index is 1.33. The Morgan fingerprint density at radius 3 is 2.51 bits per heavy atom. The molecule has 1 N–H and O–H groups in total. The van der Waals surface area contributed by atoms with Gasteiger partial charge < -0.3 is 19.7 Å². The quantitative estimate of drug-likeness (QED) is 0.272. The van der Waals surface area contributed by atoms with Crippen molar-refractivity contribution in [1.82, 2.24) is 14.3 Å². The van der Waals surface area contributed by atoms with Gasteiger partial charge in [-0.25, -0.2) is 13.2 Å². The molecule has 0 radical (unpaired) electrons. The van der Waals surface area contributed by atoms with Gasteiger partial charge >= 0.3 is 0 Å². The van der Waals surface area contributed by atoms with Gasteiger partial charge in [-0.1, -0.05) is 36.4 Å². The minimum Gasteiger partial charge on any atom is -0.488 e. The third kappa shape index (κ3) is 5.41. The number of ether oxygens (including phenoxy) is 2. The van der Waals surface area contributed by atoms with Crippen molar-refractivity contribution in [2.45, 2.75) is 17.4 Å². The number of rotatable bonds is 7. The summed E-state index contributed by atoms with van der Waals surface area (Å²) in [6.45, 7) is 4.85. The van der Waals surface area contributed by atoms with E-state index in [1.165, 1.54) is 0 Å². The van der Waals surface area contributed by atoms with E-state index in [1.54, 1.807) is 6.20 Å². The van der Waals surface area contributed by atoms with Crippen molar-refractivity contribution in [2.75, 3.05) is 44.3 Å². The van der Waals surface area contributed by atoms with Gasteiger partial charge in [-0.2, -0.15) is 5.26 Å². The van der Waals surface area contributed by atoms with E-state index in [1.807, 2.05) is 58.6 Å². The summed E-state index contributed by atoms with van der Waals surface area (Å²) in [6, 6.07) is 29.9. The first-order chi connectivity index (χ1) is 21.2. The van der Waals surface area contributed by atoms with Crippen LogP contribution >= 0.6 is 0 Å². The van der Waals surface area contributed by atoms with Gasteiger partial charge in [-0.15, -0.1) is 0 Å². The summed E-state index contributed by atoms with van der Waals surface area (Å²) in [4.78, 5) is 7.73. The lowest BCUT2D eigenvalue weighted by Crippen LogP contribution is -2.36. The van der Waals surface area contributed by atoms with Crippen LogP contribution < -0.4 is 15.0 Å². The molecule has 2 atom stereocenters. The summed E-state index contributed by atoms with van der Waals surface area (Å²) in [7, 11) is -1.54. The van der Waals surface area contributed by atoms with Crippen LogP contribution in [0.5, 0.6) is 5.75 Å². The zero-order valence-corrected chi connectivity index (χ0v) is 24.4. The molecule has 43 heavy (non-hydrogen) atoms. The average Bonchev–Trinajstić information content (AvgIpc) is 3.73. The second kappa shape index (κ2) is 12.0. The van der Waals surface area contributed by atoms with Gasteiger partial charge in [0, 0.05) is 36.9 Å². The van der Waals surface area contributed by atoms with Crippen LogP contribution in [0.4, 0.5) is 5.69 Å². The first-order valence-corrected chi connectivity index (χ1v) is 15.6. The monoisotopic (exact) mass is 589 g/mol. The van der Waals surface area contributed by atoms with Crippen molar-refractivity contribution in [3.05, 3.63) is 96.7 Å². The Kier molecular flexibility index (Phi) is 7.64. The molecule has 0 spiro atoms. The molecule has 7 rings (SSSR count). The van der Waals surface area contributed by atoms with Gasteiger partial charge in [0.15, 0.2) is 16.6 Å². The number of benzene rings is 3. The fourth-order valence-corrected chi connectivity index (χ4v) is 7.04. The molecule has 5 aromatic rings. The molecule has 2 saturated heterocycles. The van der Waals surface area contributed by atoms with Crippen molar-refractivity contribution in [3.63, 3.8) is 0 Å². The molecule has 0 aliphatic carbocycles. The molecule has 0 bridgehead atoms. The fraction of sp³-hybridized carbons (Fsp3) is 0.235. The number of nitriles is 1. The lowest BCUT2D eigenvalue weighted by atomic mass is 10.0. The second-order valence-electron chi connectivity index (χ2n) is 10.7. The number of pyridine rings is 1. The highest BCUT2D eigenvalue weighted by Crippen LogP contribution is 2.37. The van der Waals surface area contributed by atoms with Gasteiger partial charge in [0.2, 0.25) is 0 Å². The van der Waals surface area contributed by atoms with Crippen LogP contribution in [0, 0.1) is 11.3 Å². The lowest BCUT2D eigenvalue weighted by molar-refractivity contribution is 0.122. The number of nitrogens with one attached hydrogen (secondary N) is 1. The Bertz CT molecular complexity index is 1820. The summed E-state index contributed by atoms with van der Waals surface area (Å²) >= 11 is 0. The number of hydrogen-bond donors (Lipinski definition) is 1. The SMILES string of the molecule is N#Cc1cc(-c2ccnc3c2cc(-c2ccc(N4CCOCC4)cc2)n3S(=O)c2ccccc2)ccc1OC1CCNC1. The molecule has 2 aliphatic heterocycles. The van der Waals surface area contributed by atoms with Crippen molar-refractivity contribution in [2.24, 2.45) is 0 Å². The number of aromatic nitrogens is 2. The third-order valence-electron chi connectivity index (χ3n) is 8.03. The minimum absolute atomic E-state index is 0.0600. The molecule has 2 aliphatic rings. The minimum atomic E-state index is -1.54. The number of fused-ring (bicyclic) bond motifs is 1. The molecular formula is C34H31N5O3S. The molecule has 3 aromatic carbocycles. The van der Waals surface area contributed by atoms with E-state index in [9.17, 15) is 9.47 Å². The van der Waals surface area contributed by atoms with Gasteiger partial charge in [0.05, 0.1) is 29.4 Å². The summed E-state index contributed by atoms with van der Waals surface area (Å²) in [5, 5.41) is 14.1. The summed E-state index contributed by atoms with van der Waals surface area (Å²) in [6.07, 6.45) is 2.71. The third-order valence-corrected chi connectivity index (χ3v) is 9.41. The molecular weight excluding hydrogens is 558 g/mol. The number of morpholine rings is 1. The summed E-state index contributed by atoms with van der Waals surface area (Å²) in [5.74, 6) is 0.592. The lowest BCUT2D eigenvalue weighted by Gasteiger charge is -2.28. The fourth-order valence-electron chi connectivity index (χ4n) is 5.80. The molecule has 2 unspecified atom stereocenters. The van der Waals surface area contributed by atoms with E-state index in [-0.39, 0.29) is 6.10 Å². The van der Waals surface area contributed by atoms with Gasteiger partial charge in [0.1, 0.15) is 17.9 Å². The van der Waals surface area contributed by atoms with E-state index in [2.05, 4.69) is 46.6 Å². The first kappa shape index (κ1) is 27.3. The Labute approximate surface area is 253 Å². The van der Waals surface area contributed by atoms with Crippen LogP contribution in [0.1, 0.15) is 12.0 Å². The Morgan fingerprint density at radius 2 is 1.77 bits per heavy atom. The van der Waals surface area contributed by atoms with Crippen molar-refractivity contribution in [3.8, 4) is 34.2 Å². The van der Waals surface area contributed by atoms with E-state index >= 15 is 0 Å². The zero-order chi connectivity index (χ0) is 29.2. The molecule has 0 saturated carbocycles. The topological polar surface area (TPSA) is 92.4 Å². The van der Waals surface area contributed by atoms with Crippen LogP contribution in [0.25, 0.3) is 33.4 Å². The van der Waals surface area contributed by atoms with Gasteiger partial charge in [-0.05, 0) is 78.2 Å². The van der Waals surface area contributed by atoms with Gasteiger partial charge in [-0.3, -0.25) is 0 Å². The predicted octanol–water partition coefficient (Wildman–Crippen LogP) is 5.39. The highest BCUT2D eigenvalue weighted by atomic mass is 32.2. The molecule has 216 valence electrons. The molecule has 4 heterocycles. The second-order valence-corrected chi connectivity index (χ2v) is 12.0. The number of hydrogen-bond acceptors (Lipinski definition) is 7. The molecule has 0 amide bonds. The standard InChI is InChI=1S/C34H31N5O3S/c35-22-26-20-25(8-11-33(26)42-28-12-14-36-23-28)30-13-15-37-34-31(30)21-32(39(34)43(40)29-4-2-1-3-5-29)24-6-9-27(10-7-24)38-16-18-41-19-17-38/h1-11,13,15,20-21,28,36H,12,14,16-19,23H2. The maximum absolute atomic E-state index is 14.1. The van der Waals surface area contributed by atoms with Crippen LogP contribution in [0.3, 0.4) is 0 Å². The van der Waals surface area contributed by atoms with Gasteiger partial charge in [0.25, 0.3) is 0 Å².